The fourth-order valence-electron chi connectivity index (χ4n) is 2.03. The van der Waals surface area contributed by atoms with Crippen LogP contribution in [-0.2, 0) is 4.79 Å². The Kier molecular flexibility index (Phi) is 3.95. The molecule has 1 fully saturated rings. The monoisotopic (exact) mass is 227 g/mol. The number of benzene rings is 1. The normalized spacial score (nSPS) is 21.8. The predicted molar refractivity (Wildman–Crippen MR) is 68.7 cm³/mol. The lowest BCUT2D eigenvalue weighted by Crippen LogP contribution is -2.25. The van der Waals surface area contributed by atoms with Gasteiger partial charge in [0.2, 0.25) is 0 Å². The van der Waals surface area contributed by atoms with E-state index in [2.05, 4.69) is 35.5 Å². The first-order valence-electron chi connectivity index (χ1n) is 6.04. The van der Waals surface area contributed by atoms with E-state index in [1.807, 2.05) is 6.07 Å². The number of terminal acetylenes is 1. The molecule has 1 aliphatic carbocycles. The summed E-state index contributed by atoms with van der Waals surface area (Å²) in [6.07, 6.45) is 7.29. The minimum Gasteiger partial charge on any atom is -0.307 e. The average molecular weight is 227 g/mol. The summed E-state index contributed by atoms with van der Waals surface area (Å²) >= 11 is 0. The van der Waals surface area contributed by atoms with Gasteiger partial charge in [-0.05, 0) is 12.0 Å². The van der Waals surface area contributed by atoms with Gasteiger partial charge in [0.05, 0.1) is 6.54 Å². The Bertz CT molecular complexity index is 418. The first kappa shape index (κ1) is 11.9. The molecule has 0 heterocycles. The number of Topliss-reactive ketones (excluding diaryl/α,β-unsaturated/α-hetero) is 1. The molecule has 1 aliphatic rings. The van der Waals surface area contributed by atoms with Gasteiger partial charge < -0.3 is 5.32 Å². The number of nitrogens with one attached hydrogen (secondary N) is 1. The van der Waals surface area contributed by atoms with Crippen molar-refractivity contribution in [1.29, 1.82) is 0 Å². The highest BCUT2D eigenvalue weighted by atomic mass is 16.1. The highest BCUT2D eigenvalue weighted by Gasteiger charge is 2.37. The van der Waals surface area contributed by atoms with E-state index in [1.54, 1.807) is 0 Å². The third-order valence-electron chi connectivity index (χ3n) is 3.13. The van der Waals surface area contributed by atoms with Crippen LogP contribution in [-0.4, -0.2) is 18.4 Å². The van der Waals surface area contributed by atoms with Crippen molar-refractivity contribution in [2.45, 2.75) is 31.2 Å². The molecule has 2 atom stereocenters. The van der Waals surface area contributed by atoms with E-state index >= 15 is 0 Å². The summed E-state index contributed by atoms with van der Waals surface area (Å²) in [5.74, 6) is 3.28. The van der Waals surface area contributed by atoms with E-state index in [-0.39, 0.29) is 5.78 Å². The molecule has 0 aromatic heterocycles. The van der Waals surface area contributed by atoms with Crippen LogP contribution in [0, 0.1) is 12.3 Å². The number of carbonyl (C=O) groups excluding carboxylic acids is 1. The van der Waals surface area contributed by atoms with Crippen molar-refractivity contribution in [2.75, 3.05) is 6.54 Å². The van der Waals surface area contributed by atoms with Gasteiger partial charge in [-0.25, -0.2) is 0 Å². The zero-order valence-electron chi connectivity index (χ0n) is 9.86. The maximum Gasteiger partial charge on any atom is 0.147 e. The average Bonchev–Trinajstić information content (AvgIpc) is 3.14. The Balaban J connectivity index is 1.71. The molecule has 1 N–H and O–H groups in total. The van der Waals surface area contributed by atoms with Crippen LogP contribution in [0.3, 0.4) is 0 Å². The number of hydrogen-bond donors (Lipinski definition) is 1. The van der Waals surface area contributed by atoms with Gasteiger partial charge in [0.15, 0.2) is 0 Å². The first-order chi connectivity index (χ1) is 8.31. The van der Waals surface area contributed by atoms with Crippen LogP contribution in [0.25, 0.3) is 0 Å². The summed E-state index contributed by atoms with van der Waals surface area (Å²) in [4.78, 5) is 11.4. The van der Waals surface area contributed by atoms with Crippen molar-refractivity contribution in [2.24, 2.45) is 0 Å². The Labute approximate surface area is 102 Å². The molecule has 2 heteroatoms. The number of carbonyl (C=O) groups is 1. The van der Waals surface area contributed by atoms with Crippen molar-refractivity contribution >= 4 is 5.78 Å². The Morgan fingerprint density at radius 3 is 2.88 bits per heavy atom. The van der Waals surface area contributed by atoms with E-state index in [4.69, 9.17) is 6.42 Å². The SMILES string of the molecule is C#CCCC(=O)CN[C@H]1CC1c1ccccc1. The molecule has 1 saturated carbocycles. The second-order valence-electron chi connectivity index (χ2n) is 4.48. The van der Waals surface area contributed by atoms with Crippen LogP contribution in [0.4, 0.5) is 0 Å². The highest BCUT2D eigenvalue weighted by Crippen LogP contribution is 2.40. The Morgan fingerprint density at radius 1 is 1.41 bits per heavy atom. The van der Waals surface area contributed by atoms with Gasteiger partial charge in [-0.3, -0.25) is 4.79 Å². The summed E-state index contributed by atoms with van der Waals surface area (Å²) in [5.41, 5.74) is 1.36. The molecule has 0 radical (unpaired) electrons. The third-order valence-corrected chi connectivity index (χ3v) is 3.13. The lowest BCUT2D eigenvalue weighted by atomic mass is 10.1. The number of hydrogen-bond acceptors (Lipinski definition) is 2. The highest BCUT2D eigenvalue weighted by molar-refractivity contribution is 5.80. The summed E-state index contributed by atoms with van der Waals surface area (Å²) in [5, 5.41) is 3.30. The van der Waals surface area contributed by atoms with Crippen LogP contribution in [0.5, 0.6) is 0 Å². The molecule has 0 saturated heterocycles. The van der Waals surface area contributed by atoms with Crippen molar-refractivity contribution in [3.8, 4) is 12.3 Å². The van der Waals surface area contributed by atoms with Crippen LogP contribution >= 0.6 is 0 Å². The smallest absolute Gasteiger partial charge is 0.147 e. The third kappa shape index (κ3) is 3.44. The molecule has 1 aromatic rings. The molecule has 0 bridgehead atoms. The molecule has 17 heavy (non-hydrogen) atoms. The molecule has 2 nitrogen and oxygen atoms in total. The van der Waals surface area contributed by atoms with Crippen molar-refractivity contribution < 1.29 is 4.79 Å². The van der Waals surface area contributed by atoms with Gasteiger partial charge in [0, 0.05) is 24.8 Å². The zero-order valence-corrected chi connectivity index (χ0v) is 9.86. The number of rotatable bonds is 6. The minimum atomic E-state index is 0.210. The Hall–Kier alpha value is -1.59. The zero-order chi connectivity index (χ0) is 12.1. The lowest BCUT2D eigenvalue weighted by Gasteiger charge is -2.03. The van der Waals surface area contributed by atoms with Crippen molar-refractivity contribution in [3.05, 3.63) is 35.9 Å². The predicted octanol–water partition coefficient (Wildman–Crippen LogP) is 2.11. The molecule has 0 spiro atoms. The van der Waals surface area contributed by atoms with Crippen LogP contribution in [0.1, 0.15) is 30.7 Å². The first-order valence-corrected chi connectivity index (χ1v) is 6.04. The maximum absolute atomic E-state index is 11.4. The fourth-order valence-corrected chi connectivity index (χ4v) is 2.03. The van der Waals surface area contributed by atoms with E-state index in [1.165, 1.54) is 5.56 Å². The summed E-state index contributed by atoms with van der Waals surface area (Å²) < 4.78 is 0. The number of ketones is 1. The van der Waals surface area contributed by atoms with Crippen LogP contribution < -0.4 is 5.32 Å². The molecular formula is C15H17NO. The summed E-state index contributed by atoms with van der Waals surface area (Å²) in [6.45, 7) is 0.454. The molecule has 1 unspecified atom stereocenters. The van der Waals surface area contributed by atoms with E-state index < -0.39 is 0 Å². The van der Waals surface area contributed by atoms with Gasteiger partial charge in [-0.2, -0.15) is 0 Å². The van der Waals surface area contributed by atoms with Gasteiger partial charge in [0.1, 0.15) is 5.78 Å². The van der Waals surface area contributed by atoms with Gasteiger partial charge in [-0.15, -0.1) is 12.3 Å². The second-order valence-corrected chi connectivity index (χ2v) is 4.48. The minimum absolute atomic E-state index is 0.210. The quantitative estimate of drug-likeness (QED) is 0.754. The largest absolute Gasteiger partial charge is 0.307 e. The van der Waals surface area contributed by atoms with Crippen LogP contribution in [0.15, 0.2) is 30.3 Å². The fraction of sp³-hybridized carbons (Fsp3) is 0.400. The van der Waals surface area contributed by atoms with Gasteiger partial charge >= 0.3 is 0 Å². The lowest BCUT2D eigenvalue weighted by molar-refractivity contribution is -0.118. The topological polar surface area (TPSA) is 29.1 Å². The van der Waals surface area contributed by atoms with Crippen LogP contribution in [0.2, 0.25) is 0 Å². The maximum atomic E-state index is 11.4. The van der Waals surface area contributed by atoms with Crippen molar-refractivity contribution in [3.63, 3.8) is 0 Å². The molecule has 2 rings (SSSR count). The molecule has 0 aliphatic heterocycles. The van der Waals surface area contributed by atoms with E-state index in [9.17, 15) is 4.79 Å². The van der Waals surface area contributed by atoms with E-state index in [0.717, 1.165) is 6.42 Å². The molecule has 1 aromatic carbocycles. The van der Waals surface area contributed by atoms with Gasteiger partial charge in [-0.1, -0.05) is 30.3 Å². The van der Waals surface area contributed by atoms with Gasteiger partial charge in [0.25, 0.3) is 0 Å². The standard InChI is InChI=1S/C15H17NO/c1-2-3-9-13(17)11-16-15-10-14(15)12-7-5-4-6-8-12/h1,4-8,14-16H,3,9-11H2/t14?,15-/m0/s1. The second kappa shape index (κ2) is 5.65. The molecule has 0 amide bonds. The van der Waals surface area contributed by atoms with Crippen molar-refractivity contribution in [1.82, 2.24) is 5.32 Å². The molecule has 88 valence electrons. The van der Waals surface area contributed by atoms with E-state index in [0.29, 0.717) is 31.3 Å². The molecular weight excluding hydrogens is 210 g/mol. The summed E-state index contributed by atoms with van der Waals surface area (Å²) in [6, 6.07) is 10.9. The Morgan fingerprint density at radius 2 is 2.18 bits per heavy atom. The summed E-state index contributed by atoms with van der Waals surface area (Å²) in [7, 11) is 0.